The Morgan fingerprint density at radius 2 is 1.95 bits per heavy atom. The van der Waals surface area contributed by atoms with Gasteiger partial charge in [0, 0.05) is 12.6 Å². The number of amides is 1. The predicted octanol–water partition coefficient (Wildman–Crippen LogP) is 1.54. The Bertz CT molecular complexity index is 570. The smallest absolute Gasteiger partial charge is 0.327 e. The number of nitro benzene ring substituents is 1. The molecule has 8 heteroatoms. The molecule has 0 atom stereocenters. The van der Waals surface area contributed by atoms with Crippen LogP contribution in [0.15, 0.2) is 18.7 Å². The number of nitrogens with zero attached hydrogens (tertiary/aromatic N) is 1. The molecule has 0 saturated heterocycles. The lowest BCUT2D eigenvalue weighted by Gasteiger charge is -2.14. The first kappa shape index (κ1) is 16.3. The summed E-state index contributed by atoms with van der Waals surface area (Å²) in [5.41, 5.74) is -0.673. The van der Waals surface area contributed by atoms with E-state index in [1.165, 1.54) is 33.5 Å². The number of methoxy groups -OCH3 is 3. The number of benzene rings is 1. The quantitative estimate of drug-likeness (QED) is 0.465. The fraction of sp³-hybridized carbons (Fsp3) is 0.308. The van der Waals surface area contributed by atoms with Gasteiger partial charge in [-0.2, -0.15) is 0 Å². The van der Waals surface area contributed by atoms with Crippen molar-refractivity contribution < 1.29 is 23.9 Å². The Labute approximate surface area is 121 Å². The Morgan fingerprint density at radius 1 is 1.33 bits per heavy atom. The van der Waals surface area contributed by atoms with E-state index in [0.29, 0.717) is 0 Å². The van der Waals surface area contributed by atoms with Crippen molar-refractivity contribution in [1.82, 2.24) is 5.32 Å². The van der Waals surface area contributed by atoms with Crippen LogP contribution in [-0.4, -0.2) is 38.7 Å². The van der Waals surface area contributed by atoms with Crippen LogP contribution in [0, 0.1) is 10.1 Å². The molecule has 0 bridgehead atoms. The largest absolute Gasteiger partial charge is 0.493 e. The minimum Gasteiger partial charge on any atom is -0.493 e. The number of hydrogen-bond donors (Lipinski definition) is 1. The summed E-state index contributed by atoms with van der Waals surface area (Å²) in [6, 6.07) is 1.23. The Hall–Kier alpha value is -2.77. The molecule has 0 saturated carbocycles. The van der Waals surface area contributed by atoms with E-state index in [1.54, 1.807) is 0 Å². The topological polar surface area (TPSA) is 99.9 Å². The highest BCUT2D eigenvalue weighted by molar-refractivity contribution is 6.00. The normalized spacial score (nSPS) is 9.67. The van der Waals surface area contributed by atoms with E-state index >= 15 is 0 Å². The molecule has 1 aromatic rings. The van der Waals surface area contributed by atoms with Gasteiger partial charge in [-0.05, 0) is 0 Å². The molecule has 0 aromatic heterocycles. The van der Waals surface area contributed by atoms with E-state index < -0.39 is 16.5 Å². The van der Waals surface area contributed by atoms with Gasteiger partial charge in [-0.15, -0.1) is 6.58 Å². The van der Waals surface area contributed by atoms with E-state index in [2.05, 4.69) is 11.9 Å². The molecular weight excluding hydrogens is 280 g/mol. The maximum Gasteiger partial charge on any atom is 0.327 e. The van der Waals surface area contributed by atoms with Crippen molar-refractivity contribution in [1.29, 1.82) is 0 Å². The van der Waals surface area contributed by atoms with Crippen LogP contribution in [-0.2, 0) is 0 Å². The third-order valence-electron chi connectivity index (χ3n) is 2.64. The predicted molar refractivity (Wildman–Crippen MR) is 75.3 cm³/mol. The van der Waals surface area contributed by atoms with Crippen LogP contribution >= 0.6 is 0 Å². The highest BCUT2D eigenvalue weighted by Gasteiger charge is 2.32. The molecule has 0 heterocycles. The first-order chi connectivity index (χ1) is 10.0. The van der Waals surface area contributed by atoms with Crippen molar-refractivity contribution in [2.24, 2.45) is 0 Å². The zero-order valence-electron chi connectivity index (χ0n) is 12.0. The van der Waals surface area contributed by atoms with Gasteiger partial charge in [-0.25, -0.2) is 0 Å². The van der Waals surface area contributed by atoms with E-state index in [4.69, 9.17) is 14.2 Å². The van der Waals surface area contributed by atoms with Crippen LogP contribution in [0.1, 0.15) is 10.4 Å². The molecule has 0 fully saturated rings. The van der Waals surface area contributed by atoms with E-state index in [9.17, 15) is 14.9 Å². The van der Waals surface area contributed by atoms with Crippen molar-refractivity contribution in [3.8, 4) is 17.2 Å². The minimum absolute atomic E-state index is 0.0481. The summed E-state index contributed by atoms with van der Waals surface area (Å²) < 4.78 is 15.2. The number of nitrogens with one attached hydrogen (secondary N) is 1. The monoisotopic (exact) mass is 296 g/mol. The SMILES string of the molecule is C=CCNC(=O)c1cc(OC)c(OC)c(OC)c1[N+](=O)[O-]. The molecule has 1 N–H and O–H groups in total. The molecule has 0 aliphatic rings. The molecule has 0 spiro atoms. The Morgan fingerprint density at radius 3 is 2.38 bits per heavy atom. The zero-order valence-corrected chi connectivity index (χ0v) is 12.0. The van der Waals surface area contributed by atoms with Gasteiger partial charge in [0.1, 0.15) is 5.56 Å². The molecule has 1 amide bonds. The lowest BCUT2D eigenvalue weighted by Crippen LogP contribution is -2.24. The molecule has 0 unspecified atom stereocenters. The first-order valence-corrected chi connectivity index (χ1v) is 5.88. The van der Waals surface area contributed by atoms with Crippen molar-refractivity contribution >= 4 is 11.6 Å². The molecular formula is C13H16N2O6. The lowest BCUT2D eigenvalue weighted by atomic mass is 10.1. The van der Waals surface area contributed by atoms with Gasteiger partial charge in [0.15, 0.2) is 5.75 Å². The fourth-order valence-corrected chi connectivity index (χ4v) is 1.76. The first-order valence-electron chi connectivity index (χ1n) is 5.88. The van der Waals surface area contributed by atoms with Gasteiger partial charge in [-0.1, -0.05) is 6.08 Å². The molecule has 0 aliphatic carbocycles. The second kappa shape index (κ2) is 7.13. The van der Waals surface area contributed by atoms with Gasteiger partial charge >= 0.3 is 5.69 Å². The number of carbonyl (C=O) groups is 1. The maximum absolute atomic E-state index is 12.0. The van der Waals surface area contributed by atoms with E-state index in [1.807, 2.05) is 0 Å². The number of hydrogen-bond acceptors (Lipinski definition) is 6. The molecule has 0 radical (unpaired) electrons. The summed E-state index contributed by atoms with van der Waals surface area (Å²) in [4.78, 5) is 22.6. The Kier molecular flexibility index (Phi) is 5.53. The number of carbonyl (C=O) groups excluding carboxylic acids is 1. The fourth-order valence-electron chi connectivity index (χ4n) is 1.76. The molecule has 0 aliphatic heterocycles. The van der Waals surface area contributed by atoms with Crippen LogP contribution in [0.4, 0.5) is 5.69 Å². The lowest BCUT2D eigenvalue weighted by molar-refractivity contribution is -0.386. The summed E-state index contributed by atoms with van der Waals surface area (Å²) in [7, 11) is 3.92. The van der Waals surface area contributed by atoms with Gasteiger partial charge in [-0.3, -0.25) is 14.9 Å². The summed E-state index contributed by atoms with van der Waals surface area (Å²) in [6.45, 7) is 3.63. The van der Waals surface area contributed by atoms with Gasteiger partial charge in [0.2, 0.25) is 11.5 Å². The third kappa shape index (κ3) is 3.22. The standard InChI is InChI=1S/C13H16N2O6/c1-5-6-14-13(16)8-7-9(19-2)11(20-3)12(21-4)10(8)15(17)18/h5,7H,1,6H2,2-4H3,(H,14,16). The van der Waals surface area contributed by atoms with Crippen LogP contribution < -0.4 is 19.5 Å². The average Bonchev–Trinajstić information content (AvgIpc) is 2.49. The van der Waals surface area contributed by atoms with Gasteiger partial charge < -0.3 is 19.5 Å². The number of ether oxygens (including phenoxy) is 3. The zero-order chi connectivity index (χ0) is 16.0. The molecule has 114 valence electrons. The van der Waals surface area contributed by atoms with Crippen LogP contribution in [0.3, 0.4) is 0 Å². The third-order valence-corrected chi connectivity index (χ3v) is 2.64. The minimum atomic E-state index is -0.705. The van der Waals surface area contributed by atoms with Crippen LogP contribution in [0.25, 0.3) is 0 Å². The summed E-state index contributed by atoms with van der Waals surface area (Å²) in [5, 5.41) is 13.7. The van der Waals surface area contributed by atoms with Gasteiger partial charge in [0.05, 0.1) is 26.3 Å². The second-order valence-corrected chi connectivity index (χ2v) is 3.80. The van der Waals surface area contributed by atoms with E-state index in [-0.39, 0.29) is 29.4 Å². The summed E-state index contributed by atoms with van der Waals surface area (Å²) in [5.74, 6) is -0.609. The van der Waals surface area contributed by atoms with Gasteiger partial charge in [0.25, 0.3) is 5.91 Å². The van der Waals surface area contributed by atoms with Crippen molar-refractivity contribution in [3.63, 3.8) is 0 Å². The molecule has 1 rings (SSSR count). The maximum atomic E-state index is 12.0. The highest BCUT2D eigenvalue weighted by atomic mass is 16.6. The summed E-state index contributed by atoms with van der Waals surface area (Å²) in [6.07, 6.45) is 1.46. The molecule has 21 heavy (non-hydrogen) atoms. The van der Waals surface area contributed by atoms with Crippen molar-refractivity contribution in [2.45, 2.75) is 0 Å². The highest BCUT2D eigenvalue weighted by Crippen LogP contribution is 2.46. The number of nitro groups is 1. The molecule has 8 nitrogen and oxygen atoms in total. The Balaban J connectivity index is 3.57. The van der Waals surface area contributed by atoms with Crippen LogP contribution in [0.5, 0.6) is 17.2 Å². The molecule has 1 aromatic carbocycles. The number of rotatable bonds is 7. The second-order valence-electron chi connectivity index (χ2n) is 3.80. The van der Waals surface area contributed by atoms with Crippen molar-refractivity contribution in [3.05, 3.63) is 34.4 Å². The van der Waals surface area contributed by atoms with Crippen molar-refractivity contribution in [2.75, 3.05) is 27.9 Å². The average molecular weight is 296 g/mol. The van der Waals surface area contributed by atoms with Crippen LogP contribution in [0.2, 0.25) is 0 Å². The van der Waals surface area contributed by atoms with E-state index in [0.717, 1.165) is 0 Å². The summed E-state index contributed by atoms with van der Waals surface area (Å²) >= 11 is 0.